The van der Waals surface area contributed by atoms with Crippen LogP contribution in [-0.2, 0) is 0 Å². The standard InChI is InChI=1S/C22H15N5O/c1-12-3-4-20(28)13(2)21(12)18-11-26-22-16(17(18)8-24)6-19(27-22)15-5-14(7-23)9-25-10-15/h3-6,9-11,28H,1-2H3,(H,26,27). The molecule has 134 valence electrons. The molecule has 0 unspecified atom stereocenters. The molecular weight excluding hydrogens is 350 g/mol. The van der Waals surface area contributed by atoms with Crippen molar-refractivity contribution in [2.24, 2.45) is 0 Å². The number of aromatic amines is 1. The van der Waals surface area contributed by atoms with E-state index in [0.29, 0.717) is 33.3 Å². The molecule has 1 aromatic carbocycles. The van der Waals surface area contributed by atoms with E-state index in [1.807, 2.05) is 26.0 Å². The Morgan fingerprint density at radius 1 is 1.04 bits per heavy atom. The minimum absolute atomic E-state index is 0.179. The predicted molar refractivity (Wildman–Crippen MR) is 105 cm³/mol. The Balaban J connectivity index is 1.97. The molecule has 0 spiro atoms. The van der Waals surface area contributed by atoms with Crippen LogP contribution < -0.4 is 0 Å². The fourth-order valence-corrected chi connectivity index (χ4v) is 3.44. The van der Waals surface area contributed by atoms with Crippen molar-refractivity contribution in [1.82, 2.24) is 15.0 Å². The van der Waals surface area contributed by atoms with Gasteiger partial charge >= 0.3 is 0 Å². The van der Waals surface area contributed by atoms with Gasteiger partial charge in [0.2, 0.25) is 0 Å². The van der Waals surface area contributed by atoms with Gasteiger partial charge in [0.05, 0.1) is 11.1 Å². The van der Waals surface area contributed by atoms with Crippen molar-refractivity contribution in [3.8, 4) is 40.3 Å². The number of nitrogens with zero attached hydrogens (tertiary/aromatic N) is 4. The smallest absolute Gasteiger partial charge is 0.139 e. The first-order chi connectivity index (χ1) is 13.5. The number of phenolic OH excluding ortho intramolecular Hbond substituents is 1. The van der Waals surface area contributed by atoms with E-state index in [-0.39, 0.29) is 5.75 Å². The summed E-state index contributed by atoms with van der Waals surface area (Å²) in [5, 5.41) is 29.8. The molecular formula is C22H15N5O. The van der Waals surface area contributed by atoms with E-state index in [1.54, 1.807) is 24.5 Å². The van der Waals surface area contributed by atoms with Crippen molar-refractivity contribution < 1.29 is 5.11 Å². The molecule has 0 aliphatic rings. The Morgan fingerprint density at radius 3 is 2.61 bits per heavy atom. The molecule has 0 aliphatic heterocycles. The highest BCUT2D eigenvalue weighted by molar-refractivity contribution is 5.94. The van der Waals surface area contributed by atoms with Gasteiger partial charge < -0.3 is 10.1 Å². The number of phenols is 1. The van der Waals surface area contributed by atoms with Gasteiger partial charge in [-0.05, 0) is 48.7 Å². The zero-order valence-electron chi connectivity index (χ0n) is 15.3. The van der Waals surface area contributed by atoms with Crippen molar-refractivity contribution in [3.63, 3.8) is 0 Å². The SMILES string of the molecule is Cc1ccc(O)c(C)c1-c1cnc2[nH]c(-c3cncc(C#N)c3)cc2c1C#N. The molecule has 6 nitrogen and oxygen atoms in total. The summed E-state index contributed by atoms with van der Waals surface area (Å²) in [6.45, 7) is 3.76. The molecule has 28 heavy (non-hydrogen) atoms. The third-order valence-corrected chi connectivity index (χ3v) is 4.86. The topological polar surface area (TPSA) is 109 Å². The molecule has 6 heteroatoms. The van der Waals surface area contributed by atoms with E-state index in [9.17, 15) is 10.4 Å². The summed E-state index contributed by atoms with van der Waals surface area (Å²) in [5.41, 5.74) is 6.13. The predicted octanol–water partition coefficient (Wildman–Crippen LogP) is 4.36. The van der Waals surface area contributed by atoms with E-state index >= 15 is 0 Å². The molecule has 0 saturated heterocycles. The fraction of sp³-hybridized carbons (Fsp3) is 0.0909. The zero-order valence-corrected chi connectivity index (χ0v) is 15.3. The molecule has 3 heterocycles. The van der Waals surface area contributed by atoms with Gasteiger partial charge in [0.1, 0.15) is 23.5 Å². The number of hydrogen-bond acceptors (Lipinski definition) is 5. The number of nitrogens with one attached hydrogen (secondary N) is 1. The van der Waals surface area contributed by atoms with Gasteiger partial charge in [0.15, 0.2) is 0 Å². The number of pyridine rings is 2. The summed E-state index contributed by atoms with van der Waals surface area (Å²) in [6, 6.07) is 11.4. The maximum absolute atomic E-state index is 10.1. The molecule has 2 N–H and O–H groups in total. The van der Waals surface area contributed by atoms with E-state index in [1.165, 1.54) is 6.20 Å². The average Bonchev–Trinajstić information content (AvgIpc) is 3.15. The number of benzene rings is 1. The van der Waals surface area contributed by atoms with Crippen LogP contribution in [0.25, 0.3) is 33.4 Å². The number of rotatable bonds is 2. The summed E-state index contributed by atoms with van der Waals surface area (Å²) >= 11 is 0. The second-order valence-electron chi connectivity index (χ2n) is 6.58. The van der Waals surface area contributed by atoms with E-state index in [2.05, 4.69) is 27.1 Å². The van der Waals surface area contributed by atoms with Crippen LogP contribution in [0.1, 0.15) is 22.3 Å². The monoisotopic (exact) mass is 365 g/mol. The third-order valence-electron chi connectivity index (χ3n) is 4.86. The molecule has 0 fully saturated rings. The van der Waals surface area contributed by atoms with Gasteiger partial charge in [0, 0.05) is 40.8 Å². The van der Waals surface area contributed by atoms with Gasteiger partial charge in [-0.25, -0.2) is 4.98 Å². The third kappa shape index (κ3) is 2.65. The van der Waals surface area contributed by atoms with Crippen LogP contribution in [0.4, 0.5) is 0 Å². The van der Waals surface area contributed by atoms with Crippen LogP contribution in [0.15, 0.2) is 42.9 Å². The highest BCUT2D eigenvalue weighted by Gasteiger charge is 2.18. The summed E-state index contributed by atoms with van der Waals surface area (Å²) in [7, 11) is 0. The molecule has 0 radical (unpaired) electrons. The van der Waals surface area contributed by atoms with Crippen molar-refractivity contribution >= 4 is 11.0 Å². The quantitative estimate of drug-likeness (QED) is 0.548. The Kier molecular flexibility index (Phi) is 4.03. The van der Waals surface area contributed by atoms with Gasteiger partial charge in [-0.3, -0.25) is 4.98 Å². The molecule has 0 amide bonds. The van der Waals surface area contributed by atoms with Crippen LogP contribution in [0.5, 0.6) is 5.75 Å². The minimum Gasteiger partial charge on any atom is -0.508 e. The van der Waals surface area contributed by atoms with Gasteiger partial charge in [0.25, 0.3) is 0 Å². The summed E-state index contributed by atoms with van der Waals surface area (Å²) in [4.78, 5) is 11.8. The van der Waals surface area contributed by atoms with Crippen molar-refractivity contribution in [1.29, 1.82) is 10.5 Å². The first-order valence-electron chi connectivity index (χ1n) is 8.60. The Morgan fingerprint density at radius 2 is 1.86 bits per heavy atom. The molecule has 4 rings (SSSR count). The zero-order chi connectivity index (χ0) is 19.8. The second-order valence-corrected chi connectivity index (χ2v) is 6.58. The lowest BCUT2D eigenvalue weighted by molar-refractivity contribution is 0.471. The Hall–Kier alpha value is -4.16. The molecule has 0 aliphatic carbocycles. The Labute approximate surface area is 161 Å². The summed E-state index contributed by atoms with van der Waals surface area (Å²) in [6.07, 6.45) is 4.80. The molecule has 0 saturated carbocycles. The maximum Gasteiger partial charge on any atom is 0.139 e. The van der Waals surface area contributed by atoms with E-state index in [0.717, 1.165) is 22.4 Å². The number of nitriles is 2. The lowest BCUT2D eigenvalue weighted by Gasteiger charge is -2.13. The molecule has 4 aromatic rings. The number of hydrogen-bond donors (Lipinski definition) is 2. The van der Waals surface area contributed by atoms with Crippen molar-refractivity contribution in [2.75, 3.05) is 0 Å². The number of aromatic hydroxyl groups is 1. The first-order valence-corrected chi connectivity index (χ1v) is 8.60. The summed E-state index contributed by atoms with van der Waals surface area (Å²) in [5.74, 6) is 0.179. The lowest BCUT2D eigenvalue weighted by atomic mass is 9.92. The first kappa shape index (κ1) is 17.3. The maximum atomic E-state index is 10.1. The van der Waals surface area contributed by atoms with Crippen LogP contribution in [0.3, 0.4) is 0 Å². The van der Waals surface area contributed by atoms with Crippen molar-refractivity contribution in [2.45, 2.75) is 13.8 Å². The number of aromatic nitrogens is 3. The van der Waals surface area contributed by atoms with Crippen LogP contribution in [0.2, 0.25) is 0 Å². The second kappa shape index (κ2) is 6.53. The van der Waals surface area contributed by atoms with E-state index in [4.69, 9.17) is 5.26 Å². The van der Waals surface area contributed by atoms with Crippen LogP contribution in [-0.4, -0.2) is 20.1 Å². The average molecular weight is 365 g/mol. The largest absolute Gasteiger partial charge is 0.508 e. The normalized spacial score (nSPS) is 10.6. The number of aryl methyl sites for hydroxylation is 1. The van der Waals surface area contributed by atoms with E-state index < -0.39 is 0 Å². The highest BCUT2D eigenvalue weighted by Crippen LogP contribution is 2.37. The van der Waals surface area contributed by atoms with Crippen molar-refractivity contribution in [3.05, 3.63) is 65.1 Å². The number of H-pyrrole nitrogens is 1. The highest BCUT2D eigenvalue weighted by atomic mass is 16.3. The minimum atomic E-state index is 0.179. The number of fused-ring (bicyclic) bond motifs is 1. The lowest BCUT2D eigenvalue weighted by Crippen LogP contribution is -1.94. The fourth-order valence-electron chi connectivity index (χ4n) is 3.44. The van der Waals surface area contributed by atoms with Gasteiger partial charge in [-0.2, -0.15) is 10.5 Å². The summed E-state index contributed by atoms with van der Waals surface area (Å²) < 4.78 is 0. The molecule has 3 aromatic heterocycles. The van der Waals surface area contributed by atoms with Gasteiger partial charge in [-0.15, -0.1) is 0 Å². The van der Waals surface area contributed by atoms with Gasteiger partial charge in [-0.1, -0.05) is 6.07 Å². The van der Waals surface area contributed by atoms with Crippen LogP contribution >= 0.6 is 0 Å². The molecule has 0 bridgehead atoms. The van der Waals surface area contributed by atoms with Crippen LogP contribution in [0, 0.1) is 36.5 Å². The molecule has 0 atom stereocenters. The Bertz CT molecular complexity index is 1320.